The number of rotatable bonds is 7. The Labute approximate surface area is 187 Å². The Kier molecular flexibility index (Phi) is 6.96. The zero-order valence-electron chi connectivity index (χ0n) is 17.6. The fraction of sp³-hybridized carbons (Fsp3) is 0.348. The summed E-state index contributed by atoms with van der Waals surface area (Å²) in [6.07, 6.45) is 3.41. The Morgan fingerprint density at radius 3 is 2.42 bits per heavy atom. The van der Waals surface area contributed by atoms with Gasteiger partial charge in [-0.25, -0.2) is 9.48 Å². The highest BCUT2D eigenvalue weighted by molar-refractivity contribution is 6.32. The zero-order chi connectivity index (χ0) is 21.6. The first-order chi connectivity index (χ1) is 15.2. The van der Waals surface area contributed by atoms with Crippen molar-refractivity contribution in [3.8, 4) is 5.69 Å². The maximum atomic E-state index is 12.5. The van der Waals surface area contributed by atoms with Crippen LogP contribution in [0.1, 0.15) is 28.7 Å². The lowest BCUT2D eigenvalue weighted by Crippen LogP contribution is -2.45. The standard InChI is InChI=1S/C23H26ClN5O2/c1-2-31-23(30)19-15-26-29(21-9-4-3-8-20(21)24)22(19)17-28-13-11-27(12-14-28)16-18-7-5-6-10-25-18/h3-10,15H,2,11-14,16-17H2,1H3. The molecule has 2 aromatic heterocycles. The first kappa shape index (κ1) is 21.5. The van der Waals surface area contributed by atoms with Gasteiger partial charge in [-0.05, 0) is 31.2 Å². The summed E-state index contributed by atoms with van der Waals surface area (Å²) in [5.41, 5.74) is 3.11. The molecule has 0 N–H and O–H groups in total. The van der Waals surface area contributed by atoms with E-state index in [-0.39, 0.29) is 5.97 Å². The number of aromatic nitrogens is 3. The van der Waals surface area contributed by atoms with Gasteiger partial charge in [-0.1, -0.05) is 29.8 Å². The molecular weight excluding hydrogens is 414 g/mol. The highest BCUT2D eigenvalue weighted by Crippen LogP contribution is 2.24. The summed E-state index contributed by atoms with van der Waals surface area (Å²) < 4.78 is 7.02. The number of nitrogens with zero attached hydrogens (tertiary/aromatic N) is 5. The van der Waals surface area contributed by atoms with E-state index in [0.717, 1.165) is 49.8 Å². The molecule has 4 rings (SSSR count). The number of benzene rings is 1. The van der Waals surface area contributed by atoms with Gasteiger partial charge in [0, 0.05) is 45.5 Å². The van der Waals surface area contributed by atoms with Crippen LogP contribution in [0, 0.1) is 0 Å². The average molecular weight is 440 g/mol. The van der Waals surface area contributed by atoms with Crippen molar-refractivity contribution in [1.82, 2.24) is 24.6 Å². The van der Waals surface area contributed by atoms with Gasteiger partial charge in [0.25, 0.3) is 0 Å². The predicted octanol–water partition coefficient (Wildman–Crippen LogP) is 3.42. The predicted molar refractivity (Wildman–Crippen MR) is 119 cm³/mol. The molecule has 0 spiro atoms. The Morgan fingerprint density at radius 2 is 1.74 bits per heavy atom. The Balaban J connectivity index is 1.50. The number of carbonyl (C=O) groups is 1. The van der Waals surface area contributed by atoms with Gasteiger partial charge < -0.3 is 4.74 Å². The summed E-state index contributed by atoms with van der Waals surface area (Å²) in [6.45, 7) is 7.22. The maximum absolute atomic E-state index is 12.5. The summed E-state index contributed by atoms with van der Waals surface area (Å²) in [5.74, 6) is -0.357. The van der Waals surface area contributed by atoms with Crippen molar-refractivity contribution in [1.29, 1.82) is 0 Å². The van der Waals surface area contributed by atoms with Gasteiger partial charge >= 0.3 is 5.97 Å². The fourth-order valence-electron chi connectivity index (χ4n) is 3.77. The minimum Gasteiger partial charge on any atom is -0.462 e. The molecule has 1 aliphatic heterocycles. The third-order valence-electron chi connectivity index (χ3n) is 5.39. The Hall–Kier alpha value is -2.74. The topological polar surface area (TPSA) is 63.5 Å². The van der Waals surface area contributed by atoms with E-state index in [1.54, 1.807) is 17.8 Å². The summed E-state index contributed by atoms with van der Waals surface area (Å²) in [6, 6.07) is 13.5. The lowest BCUT2D eigenvalue weighted by atomic mass is 10.2. The van der Waals surface area contributed by atoms with Gasteiger partial charge in [-0.3, -0.25) is 14.8 Å². The number of ether oxygens (including phenoxy) is 1. The first-order valence-electron chi connectivity index (χ1n) is 10.5. The number of halogens is 1. The van der Waals surface area contributed by atoms with Gasteiger partial charge in [0.2, 0.25) is 0 Å². The highest BCUT2D eigenvalue weighted by atomic mass is 35.5. The van der Waals surface area contributed by atoms with Gasteiger partial charge in [0.05, 0.1) is 34.9 Å². The van der Waals surface area contributed by atoms with E-state index in [2.05, 4.69) is 25.9 Å². The summed E-state index contributed by atoms with van der Waals surface area (Å²) >= 11 is 6.42. The number of hydrogen-bond acceptors (Lipinski definition) is 6. The molecule has 7 nitrogen and oxygen atoms in total. The molecule has 31 heavy (non-hydrogen) atoms. The van der Waals surface area contributed by atoms with Crippen LogP contribution in [0.4, 0.5) is 0 Å². The molecule has 3 heterocycles. The van der Waals surface area contributed by atoms with E-state index < -0.39 is 0 Å². The SMILES string of the molecule is CCOC(=O)c1cnn(-c2ccccc2Cl)c1CN1CCN(Cc2ccccn2)CC1. The van der Waals surface area contributed by atoms with Crippen LogP contribution in [0.25, 0.3) is 5.69 Å². The molecule has 0 bridgehead atoms. The zero-order valence-corrected chi connectivity index (χ0v) is 18.3. The largest absolute Gasteiger partial charge is 0.462 e. The Bertz CT molecular complexity index is 1020. The van der Waals surface area contributed by atoms with E-state index in [1.807, 2.05) is 42.6 Å². The monoisotopic (exact) mass is 439 g/mol. The van der Waals surface area contributed by atoms with E-state index in [1.165, 1.54) is 0 Å². The van der Waals surface area contributed by atoms with E-state index in [4.69, 9.17) is 16.3 Å². The second-order valence-electron chi connectivity index (χ2n) is 7.46. The highest BCUT2D eigenvalue weighted by Gasteiger charge is 2.25. The maximum Gasteiger partial charge on any atom is 0.341 e. The molecule has 0 atom stereocenters. The van der Waals surface area contributed by atoms with Crippen molar-refractivity contribution in [2.75, 3.05) is 32.8 Å². The van der Waals surface area contributed by atoms with Gasteiger partial charge in [-0.2, -0.15) is 5.10 Å². The van der Waals surface area contributed by atoms with Crippen LogP contribution in [0.15, 0.2) is 54.9 Å². The third-order valence-corrected chi connectivity index (χ3v) is 5.71. The van der Waals surface area contributed by atoms with Gasteiger partial charge in [-0.15, -0.1) is 0 Å². The van der Waals surface area contributed by atoms with Crippen molar-refractivity contribution < 1.29 is 9.53 Å². The molecule has 0 saturated carbocycles. The second-order valence-corrected chi connectivity index (χ2v) is 7.87. The molecule has 1 aromatic carbocycles. The average Bonchev–Trinajstić information content (AvgIpc) is 3.20. The summed E-state index contributed by atoms with van der Waals surface area (Å²) in [5, 5.41) is 5.06. The van der Waals surface area contributed by atoms with Crippen LogP contribution in [0.5, 0.6) is 0 Å². The van der Waals surface area contributed by atoms with Crippen LogP contribution in [0.3, 0.4) is 0 Å². The lowest BCUT2D eigenvalue weighted by Gasteiger charge is -2.34. The van der Waals surface area contributed by atoms with Crippen molar-refractivity contribution in [3.63, 3.8) is 0 Å². The quantitative estimate of drug-likeness (QED) is 0.526. The van der Waals surface area contributed by atoms with E-state index in [9.17, 15) is 4.79 Å². The minimum absolute atomic E-state index is 0.321. The van der Waals surface area contributed by atoms with Crippen LogP contribution in [-0.2, 0) is 17.8 Å². The fourth-order valence-corrected chi connectivity index (χ4v) is 3.99. The van der Waals surface area contributed by atoms with Crippen molar-refractivity contribution >= 4 is 17.6 Å². The van der Waals surface area contributed by atoms with Gasteiger partial charge in [0.1, 0.15) is 5.56 Å². The molecular formula is C23H26ClN5O2. The number of piperazine rings is 1. The van der Waals surface area contributed by atoms with Crippen LogP contribution in [-0.4, -0.2) is 63.3 Å². The van der Waals surface area contributed by atoms with Crippen molar-refractivity contribution in [3.05, 3.63) is 76.8 Å². The van der Waals surface area contributed by atoms with Crippen molar-refractivity contribution in [2.45, 2.75) is 20.0 Å². The molecule has 1 aliphatic rings. The van der Waals surface area contributed by atoms with Gasteiger partial charge in [0.15, 0.2) is 0 Å². The van der Waals surface area contributed by atoms with E-state index >= 15 is 0 Å². The molecule has 3 aromatic rings. The molecule has 1 fully saturated rings. The second kappa shape index (κ2) is 10.0. The van der Waals surface area contributed by atoms with E-state index in [0.29, 0.717) is 23.7 Å². The number of hydrogen-bond donors (Lipinski definition) is 0. The van der Waals surface area contributed by atoms with Crippen LogP contribution >= 0.6 is 11.6 Å². The minimum atomic E-state index is -0.357. The van der Waals surface area contributed by atoms with Crippen LogP contribution < -0.4 is 0 Å². The number of esters is 1. The molecule has 0 radical (unpaired) electrons. The van der Waals surface area contributed by atoms with Crippen LogP contribution in [0.2, 0.25) is 5.02 Å². The molecule has 0 amide bonds. The molecule has 162 valence electrons. The smallest absolute Gasteiger partial charge is 0.341 e. The lowest BCUT2D eigenvalue weighted by molar-refractivity contribution is 0.0522. The van der Waals surface area contributed by atoms with Crippen molar-refractivity contribution in [2.24, 2.45) is 0 Å². The summed E-state index contributed by atoms with van der Waals surface area (Å²) in [4.78, 5) is 21.7. The molecule has 0 unspecified atom stereocenters. The number of carbonyl (C=O) groups excluding carboxylic acids is 1. The Morgan fingerprint density at radius 1 is 1.03 bits per heavy atom. The molecule has 8 heteroatoms. The molecule has 1 saturated heterocycles. The normalized spacial score (nSPS) is 15.2. The number of para-hydroxylation sites is 1. The molecule has 0 aliphatic carbocycles. The number of pyridine rings is 1. The summed E-state index contributed by atoms with van der Waals surface area (Å²) in [7, 11) is 0. The first-order valence-corrected chi connectivity index (χ1v) is 10.9. The third kappa shape index (κ3) is 5.12.